The second kappa shape index (κ2) is 8.04. The zero-order valence-electron chi connectivity index (χ0n) is 13.4. The van der Waals surface area contributed by atoms with Crippen LogP contribution < -0.4 is 5.32 Å². The fraction of sp³-hybridized carbons (Fsp3) is 0.222. The molecule has 1 saturated heterocycles. The fourth-order valence-corrected chi connectivity index (χ4v) is 3.53. The molecule has 3 rings (SSSR count). The van der Waals surface area contributed by atoms with Crippen LogP contribution in [0.1, 0.15) is 10.4 Å². The molecule has 2 aromatic carbocycles. The van der Waals surface area contributed by atoms with Crippen LogP contribution in [0.15, 0.2) is 48.5 Å². The smallest absolute Gasteiger partial charge is 0.253 e. The maximum absolute atomic E-state index is 12.5. The molecule has 1 amide bonds. The molecule has 1 aliphatic rings. The number of hydrogen-bond donors (Lipinski definition) is 1. The average Bonchev–Trinajstić information content (AvgIpc) is 2.61. The van der Waals surface area contributed by atoms with Gasteiger partial charge >= 0.3 is 0 Å². The van der Waals surface area contributed by atoms with E-state index in [2.05, 4.69) is 5.32 Å². The highest BCUT2D eigenvalue weighted by atomic mass is 35.5. The van der Waals surface area contributed by atoms with Crippen molar-refractivity contribution >= 4 is 52.1 Å². The van der Waals surface area contributed by atoms with E-state index in [9.17, 15) is 4.79 Å². The van der Waals surface area contributed by atoms with Crippen molar-refractivity contribution in [1.82, 2.24) is 9.80 Å². The number of carbonyl (C=O) groups excluding carboxylic acids is 1. The Hall–Kier alpha value is -1.82. The first-order valence-electron chi connectivity index (χ1n) is 7.89. The first-order chi connectivity index (χ1) is 12.0. The van der Waals surface area contributed by atoms with Gasteiger partial charge in [-0.2, -0.15) is 0 Å². The number of hydrogen-bond acceptors (Lipinski definition) is 2. The number of rotatable bonds is 2. The first-order valence-corrected chi connectivity index (χ1v) is 9.06. The van der Waals surface area contributed by atoms with Gasteiger partial charge in [0.1, 0.15) is 0 Å². The summed E-state index contributed by atoms with van der Waals surface area (Å²) in [5.41, 5.74) is 1.47. The molecule has 0 bridgehead atoms. The third-order valence-electron chi connectivity index (χ3n) is 3.99. The minimum absolute atomic E-state index is 0.0563. The molecule has 1 aliphatic heterocycles. The van der Waals surface area contributed by atoms with Crippen LogP contribution in [-0.4, -0.2) is 47.0 Å². The van der Waals surface area contributed by atoms with Gasteiger partial charge in [0, 0.05) is 47.5 Å². The van der Waals surface area contributed by atoms with Crippen LogP contribution in [0.4, 0.5) is 5.69 Å². The molecule has 4 nitrogen and oxygen atoms in total. The van der Waals surface area contributed by atoms with E-state index in [-0.39, 0.29) is 5.91 Å². The van der Waals surface area contributed by atoms with E-state index in [1.165, 1.54) is 0 Å². The molecule has 130 valence electrons. The highest BCUT2D eigenvalue weighted by molar-refractivity contribution is 7.80. The number of anilines is 1. The predicted molar refractivity (Wildman–Crippen MR) is 107 cm³/mol. The third kappa shape index (κ3) is 4.63. The van der Waals surface area contributed by atoms with Gasteiger partial charge in [0.25, 0.3) is 5.91 Å². The Morgan fingerprint density at radius 2 is 1.48 bits per heavy atom. The molecule has 7 heteroatoms. The number of carbonyl (C=O) groups is 1. The van der Waals surface area contributed by atoms with Crippen molar-refractivity contribution in [3.63, 3.8) is 0 Å². The predicted octanol–water partition coefficient (Wildman–Crippen LogP) is 4.15. The van der Waals surface area contributed by atoms with Crippen molar-refractivity contribution in [3.8, 4) is 0 Å². The monoisotopic (exact) mass is 393 g/mol. The lowest BCUT2D eigenvalue weighted by Crippen LogP contribution is -2.51. The Morgan fingerprint density at radius 3 is 2.08 bits per heavy atom. The van der Waals surface area contributed by atoms with Crippen LogP contribution in [0, 0.1) is 0 Å². The lowest BCUT2D eigenvalue weighted by Gasteiger charge is -2.36. The molecule has 1 fully saturated rings. The number of nitrogens with one attached hydrogen (secondary N) is 1. The highest BCUT2D eigenvalue weighted by Gasteiger charge is 2.23. The van der Waals surface area contributed by atoms with Gasteiger partial charge in [-0.15, -0.1) is 0 Å². The SMILES string of the molecule is O=C(c1ccccc1)N1CCN(C(=S)Nc2cc(Cl)cc(Cl)c2)CC1. The summed E-state index contributed by atoms with van der Waals surface area (Å²) in [6.07, 6.45) is 0. The lowest BCUT2D eigenvalue weighted by molar-refractivity contribution is 0.0693. The van der Waals surface area contributed by atoms with Crippen molar-refractivity contribution < 1.29 is 4.79 Å². The molecule has 0 atom stereocenters. The van der Waals surface area contributed by atoms with E-state index in [4.69, 9.17) is 35.4 Å². The molecular formula is C18H17Cl2N3OS. The summed E-state index contributed by atoms with van der Waals surface area (Å²) >= 11 is 17.5. The maximum Gasteiger partial charge on any atom is 0.253 e. The fourth-order valence-electron chi connectivity index (χ4n) is 2.70. The van der Waals surface area contributed by atoms with Crippen LogP contribution in [-0.2, 0) is 0 Å². The molecule has 0 spiro atoms. The van der Waals surface area contributed by atoms with E-state index in [0.29, 0.717) is 46.9 Å². The number of piperazine rings is 1. The Bertz CT molecular complexity index is 757. The quantitative estimate of drug-likeness (QED) is 0.777. The van der Waals surface area contributed by atoms with Crippen molar-refractivity contribution in [2.24, 2.45) is 0 Å². The van der Waals surface area contributed by atoms with E-state index in [1.807, 2.05) is 40.1 Å². The minimum Gasteiger partial charge on any atom is -0.345 e. The summed E-state index contributed by atoms with van der Waals surface area (Å²) in [6, 6.07) is 14.5. The van der Waals surface area contributed by atoms with E-state index in [0.717, 1.165) is 5.69 Å². The third-order valence-corrected chi connectivity index (χ3v) is 4.79. The van der Waals surface area contributed by atoms with E-state index >= 15 is 0 Å². The number of benzene rings is 2. The topological polar surface area (TPSA) is 35.6 Å². The maximum atomic E-state index is 12.5. The Kier molecular flexibility index (Phi) is 5.78. The normalized spacial score (nSPS) is 14.3. The van der Waals surface area contributed by atoms with Gasteiger partial charge in [0.15, 0.2) is 5.11 Å². The molecule has 0 radical (unpaired) electrons. The van der Waals surface area contributed by atoms with Gasteiger partial charge in [-0.05, 0) is 42.5 Å². The van der Waals surface area contributed by atoms with Gasteiger partial charge in [-0.25, -0.2) is 0 Å². The number of nitrogens with zero attached hydrogens (tertiary/aromatic N) is 2. The van der Waals surface area contributed by atoms with Crippen molar-refractivity contribution in [2.75, 3.05) is 31.5 Å². The minimum atomic E-state index is 0.0563. The largest absolute Gasteiger partial charge is 0.345 e. The van der Waals surface area contributed by atoms with Gasteiger partial charge < -0.3 is 15.1 Å². The average molecular weight is 394 g/mol. The Labute approximate surface area is 162 Å². The van der Waals surface area contributed by atoms with Gasteiger partial charge in [0.05, 0.1) is 0 Å². The number of amides is 1. The summed E-state index contributed by atoms with van der Waals surface area (Å²) in [6.45, 7) is 2.62. The second-order valence-electron chi connectivity index (χ2n) is 5.73. The first kappa shape index (κ1) is 18.0. The van der Waals surface area contributed by atoms with Crippen LogP contribution in [0.2, 0.25) is 10.0 Å². The zero-order valence-corrected chi connectivity index (χ0v) is 15.7. The van der Waals surface area contributed by atoms with Gasteiger partial charge in [-0.1, -0.05) is 41.4 Å². The molecule has 25 heavy (non-hydrogen) atoms. The Morgan fingerprint density at radius 1 is 0.920 bits per heavy atom. The van der Waals surface area contributed by atoms with Crippen molar-refractivity contribution in [2.45, 2.75) is 0 Å². The van der Waals surface area contributed by atoms with Crippen LogP contribution >= 0.6 is 35.4 Å². The summed E-state index contributed by atoms with van der Waals surface area (Å²) in [5, 5.41) is 4.86. The van der Waals surface area contributed by atoms with Crippen LogP contribution in [0.25, 0.3) is 0 Å². The molecule has 0 unspecified atom stereocenters. The van der Waals surface area contributed by atoms with Crippen LogP contribution in [0.3, 0.4) is 0 Å². The number of halogens is 2. The van der Waals surface area contributed by atoms with Gasteiger partial charge in [-0.3, -0.25) is 4.79 Å². The summed E-state index contributed by atoms with van der Waals surface area (Å²) in [4.78, 5) is 16.4. The molecule has 1 N–H and O–H groups in total. The standard InChI is InChI=1S/C18H17Cl2N3OS/c19-14-10-15(20)12-16(11-14)21-18(25)23-8-6-22(7-9-23)17(24)13-4-2-1-3-5-13/h1-5,10-12H,6-9H2,(H,21,25). The summed E-state index contributed by atoms with van der Waals surface area (Å²) < 4.78 is 0. The number of thiocarbonyl (C=S) groups is 1. The second-order valence-corrected chi connectivity index (χ2v) is 6.99. The molecule has 0 aliphatic carbocycles. The highest BCUT2D eigenvalue weighted by Crippen LogP contribution is 2.23. The van der Waals surface area contributed by atoms with E-state index in [1.54, 1.807) is 18.2 Å². The van der Waals surface area contributed by atoms with Gasteiger partial charge in [0.2, 0.25) is 0 Å². The molecular weight excluding hydrogens is 377 g/mol. The molecule has 0 saturated carbocycles. The zero-order chi connectivity index (χ0) is 17.8. The molecule has 1 heterocycles. The van der Waals surface area contributed by atoms with Crippen molar-refractivity contribution in [1.29, 1.82) is 0 Å². The molecule has 2 aromatic rings. The summed E-state index contributed by atoms with van der Waals surface area (Å²) in [5.74, 6) is 0.0563. The summed E-state index contributed by atoms with van der Waals surface area (Å²) in [7, 11) is 0. The molecule has 0 aromatic heterocycles. The van der Waals surface area contributed by atoms with E-state index < -0.39 is 0 Å². The Balaban J connectivity index is 1.56. The lowest BCUT2D eigenvalue weighted by atomic mass is 10.2. The van der Waals surface area contributed by atoms with Crippen LogP contribution in [0.5, 0.6) is 0 Å². The van der Waals surface area contributed by atoms with Crippen molar-refractivity contribution in [3.05, 3.63) is 64.1 Å².